The Balaban J connectivity index is 1.77. The third kappa shape index (κ3) is 4.40. The number of aryl methyl sites for hydroxylation is 3. The van der Waals surface area contributed by atoms with Gasteiger partial charge in [-0.1, -0.05) is 29.3 Å². The molecule has 0 saturated heterocycles. The fraction of sp³-hybridized carbons (Fsp3) is 0.200. The molecule has 3 aromatic rings. The van der Waals surface area contributed by atoms with Crippen molar-refractivity contribution < 1.29 is 9.53 Å². The highest BCUT2D eigenvalue weighted by molar-refractivity contribution is 7.14. The van der Waals surface area contributed by atoms with Crippen molar-refractivity contribution in [1.82, 2.24) is 4.98 Å². The first kappa shape index (κ1) is 19.2. The Morgan fingerprint density at radius 2 is 1.81 bits per heavy atom. The zero-order valence-corrected chi connectivity index (χ0v) is 17.1. The van der Waals surface area contributed by atoms with E-state index in [0.29, 0.717) is 21.6 Å². The van der Waals surface area contributed by atoms with E-state index in [1.807, 2.05) is 5.38 Å². The first-order valence-electron chi connectivity index (χ1n) is 8.32. The van der Waals surface area contributed by atoms with Gasteiger partial charge in [0.1, 0.15) is 5.75 Å². The Morgan fingerprint density at radius 1 is 1.11 bits per heavy atom. The summed E-state index contributed by atoms with van der Waals surface area (Å²) in [6, 6.07) is 8.88. The van der Waals surface area contributed by atoms with Crippen molar-refractivity contribution in [2.45, 2.75) is 20.8 Å². The lowest BCUT2D eigenvalue weighted by Crippen LogP contribution is -2.19. The molecule has 0 saturated carbocycles. The fourth-order valence-electron chi connectivity index (χ4n) is 3.06. The number of rotatable bonds is 4. The summed E-state index contributed by atoms with van der Waals surface area (Å²) in [5.41, 5.74) is 5.99. The predicted molar refractivity (Wildman–Crippen MR) is 112 cm³/mol. The zero-order valence-electron chi connectivity index (χ0n) is 15.5. The van der Waals surface area contributed by atoms with Gasteiger partial charge < -0.3 is 10.1 Å². The molecule has 3 rings (SSSR count). The number of carbonyl (C=O) groups excluding carboxylic acids is 1. The monoisotopic (exact) mass is 401 g/mol. The molecule has 2 aromatic carbocycles. The van der Waals surface area contributed by atoms with Gasteiger partial charge in [-0.2, -0.15) is 0 Å². The maximum absolute atomic E-state index is 12.3. The summed E-state index contributed by atoms with van der Waals surface area (Å²) >= 11 is 7.37. The third-order valence-corrected chi connectivity index (χ3v) is 5.06. The highest BCUT2D eigenvalue weighted by atomic mass is 35.5. The highest BCUT2D eigenvalue weighted by Crippen LogP contribution is 2.31. The van der Waals surface area contributed by atoms with Crippen LogP contribution in [0.2, 0.25) is 5.02 Å². The minimum atomic E-state index is -0.409. The summed E-state index contributed by atoms with van der Waals surface area (Å²) in [6.07, 6.45) is 0. The molecule has 0 aliphatic carbocycles. The molecule has 0 fully saturated rings. The smallest absolute Gasteiger partial charge is 0.325 e. The van der Waals surface area contributed by atoms with Gasteiger partial charge in [0.25, 0.3) is 0 Å². The molecule has 0 aliphatic rings. The minimum absolute atomic E-state index is 0.409. The normalized spacial score (nSPS) is 10.6. The van der Waals surface area contributed by atoms with Crippen molar-refractivity contribution in [3.63, 3.8) is 0 Å². The molecule has 2 N–H and O–H groups in total. The van der Waals surface area contributed by atoms with Crippen LogP contribution in [0.1, 0.15) is 16.7 Å². The average Bonchev–Trinajstić information content (AvgIpc) is 3.02. The maximum Gasteiger partial charge on any atom is 0.325 e. The number of methoxy groups -OCH3 is 1. The van der Waals surface area contributed by atoms with E-state index in [0.717, 1.165) is 22.4 Å². The van der Waals surface area contributed by atoms with Crippen LogP contribution >= 0.6 is 22.9 Å². The molecule has 0 atom stereocenters. The van der Waals surface area contributed by atoms with Gasteiger partial charge in [-0.15, -0.1) is 11.3 Å². The summed E-state index contributed by atoms with van der Waals surface area (Å²) in [7, 11) is 1.53. The van der Waals surface area contributed by atoms with Crippen molar-refractivity contribution in [2.75, 3.05) is 17.7 Å². The number of ether oxygens (including phenoxy) is 1. The number of amides is 2. The lowest BCUT2D eigenvalue weighted by Gasteiger charge is -2.10. The van der Waals surface area contributed by atoms with Crippen molar-refractivity contribution in [2.24, 2.45) is 0 Å². The standard InChI is InChI=1S/C20H20ClN3O2S/c1-11-7-12(2)18(13(3)8-11)16-10-27-20(23-16)24-19(25)22-15-9-14(21)5-6-17(15)26-4/h5-10H,1-4H3,(H2,22,23,24,25). The lowest BCUT2D eigenvalue weighted by molar-refractivity contribution is 0.262. The van der Waals surface area contributed by atoms with Crippen LogP contribution < -0.4 is 15.4 Å². The van der Waals surface area contributed by atoms with E-state index >= 15 is 0 Å². The Hall–Kier alpha value is -2.57. The van der Waals surface area contributed by atoms with E-state index in [9.17, 15) is 4.79 Å². The molecule has 140 valence electrons. The van der Waals surface area contributed by atoms with Crippen molar-refractivity contribution >= 4 is 39.8 Å². The van der Waals surface area contributed by atoms with Crippen molar-refractivity contribution in [3.05, 3.63) is 57.4 Å². The van der Waals surface area contributed by atoms with Gasteiger partial charge in [0.15, 0.2) is 5.13 Å². The molecule has 0 radical (unpaired) electrons. The molecule has 2 amide bonds. The summed E-state index contributed by atoms with van der Waals surface area (Å²) in [5.74, 6) is 0.528. The minimum Gasteiger partial charge on any atom is -0.495 e. The molecule has 0 bridgehead atoms. The topological polar surface area (TPSA) is 63.2 Å². The van der Waals surface area contributed by atoms with Crippen LogP contribution in [0.4, 0.5) is 15.6 Å². The lowest BCUT2D eigenvalue weighted by atomic mass is 9.98. The predicted octanol–water partition coefficient (Wildman–Crippen LogP) is 6.04. The van der Waals surface area contributed by atoms with E-state index in [-0.39, 0.29) is 0 Å². The SMILES string of the molecule is COc1ccc(Cl)cc1NC(=O)Nc1nc(-c2c(C)cc(C)cc2C)cs1. The molecule has 27 heavy (non-hydrogen) atoms. The van der Waals surface area contributed by atoms with E-state index in [2.05, 4.69) is 48.5 Å². The molecule has 0 aliphatic heterocycles. The first-order chi connectivity index (χ1) is 12.9. The third-order valence-electron chi connectivity index (χ3n) is 4.07. The zero-order chi connectivity index (χ0) is 19.6. The summed E-state index contributed by atoms with van der Waals surface area (Å²) in [4.78, 5) is 16.9. The molecule has 5 nitrogen and oxygen atoms in total. The number of nitrogens with zero attached hydrogens (tertiary/aromatic N) is 1. The molecule has 0 spiro atoms. The molecular weight excluding hydrogens is 382 g/mol. The van der Waals surface area contributed by atoms with Gasteiger partial charge in [0.05, 0.1) is 18.5 Å². The highest BCUT2D eigenvalue weighted by Gasteiger charge is 2.13. The van der Waals surface area contributed by atoms with Gasteiger partial charge in [0.2, 0.25) is 0 Å². The Morgan fingerprint density at radius 3 is 2.48 bits per heavy atom. The van der Waals surface area contributed by atoms with E-state index in [1.165, 1.54) is 24.0 Å². The second kappa shape index (κ2) is 7.98. The number of hydrogen-bond acceptors (Lipinski definition) is 4. The number of hydrogen-bond donors (Lipinski definition) is 2. The molecular formula is C20H20ClN3O2S. The summed E-state index contributed by atoms with van der Waals surface area (Å²) < 4.78 is 5.24. The molecule has 0 unspecified atom stereocenters. The van der Waals surface area contributed by atoms with Crippen LogP contribution in [0.5, 0.6) is 5.75 Å². The van der Waals surface area contributed by atoms with Gasteiger partial charge in [-0.25, -0.2) is 9.78 Å². The largest absolute Gasteiger partial charge is 0.495 e. The molecule has 1 aromatic heterocycles. The van der Waals surface area contributed by atoms with Crippen LogP contribution in [0.15, 0.2) is 35.7 Å². The van der Waals surface area contributed by atoms with Crippen LogP contribution in [-0.4, -0.2) is 18.1 Å². The number of nitrogens with one attached hydrogen (secondary N) is 2. The number of carbonyl (C=O) groups is 1. The Labute approximate surface area is 167 Å². The van der Waals surface area contributed by atoms with Gasteiger partial charge in [-0.05, 0) is 50.1 Å². The second-order valence-electron chi connectivity index (χ2n) is 6.24. The van der Waals surface area contributed by atoms with Gasteiger partial charge in [0, 0.05) is 16.0 Å². The van der Waals surface area contributed by atoms with E-state index in [4.69, 9.17) is 16.3 Å². The number of aromatic nitrogens is 1. The summed E-state index contributed by atoms with van der Waals surface area (Å²) in [5, 5.41) is 8.47. The van der Waals surface area contributed by atoms with Crippen molar-refractivity contribution in [3.8, 4) is 17.0 Å². The van der Waals surface area contributed by atoms with Crippen LogP contribution in [0.25, 0.3) is 11.3 Å². The molecule has 7 heteroatoms. The number of thiazole rings is 1. The van der Waals surface area contributed by atoms with E-state index < -0.39 is 6.03 Å². The van der Waals surface area contributed by atoms with E-state index in [1.54, 1.807) is 18.2 Å². The fourth-order valence-corrected chi connectivity index (χ4v) is 3.93. The number of urea groups is 1. The Kier molecular flexibility index (Phi) is 5.68. The Bertz CT molecular complexity index is 978. The number of anilines is 2. The van der Waals surface area contributed by atoms with Crippen LogP contribution in [0.3, 0.4) is 0 Å². The summed E-state index contributed by atoms with van der Waals surface area (Å²) in [6.45, 7) is 6.21. The average molecular weight is 402 g/mol. The molecule has 1 heterocycles. The van der Waals surface area contributed by atoms with Gasteiger partial charge >= 0.3 is 6.03 Å². The van der Waals surface area contributed by atoms with Gasteiger partial charge in [-0.3, -0.25) is 5.32 Å². The van der Waals surface area contributed by atoms with Crippen LogP contribution in [-0.2, 0) is 0 Å². The van der Waals surface area contributed by atoms with Crippen molar-refractivity contribution in [1.29, 1.82) is 0 Å². The maximum atomic E-state index is 12.3. The van der Waals surface area contributed by atoms with Crippen LogP contribution in [0, 0.1) is 20.8 Å². The number of halogens is 1. The quantitative estimate of drug-likeness (QED) is 0.560. The first-order valence-corrected chi connectivity index (χ1v) is 9.58. The number of benzene rings is 2. The second-order valence-corrected chi connectivity index (χ2v) is 7.53.